The Bertz CT molecular complexity index is 520. The third kappa shape index (κ3) is 2.93. The number of nitrogens with zero attached hydrogens (tertiary/aromatic N) is 4. The fraction of sp³-hybridized carbons (Fsp3) is 0.583. The molecule has 2 heterocycles. The molecule has 0 amide bonds. The second kappa shape index (κ2) is 5.40. The molecule has 1 aromatic heterocycles. The van der Waals surface area contributed by atoms with Crippen LogP contribution in [0, 0.1) is 0 Å². The van der Waals surface area contributed by atoms with E-state index in [1.54, 1.807) is 6.20 Å². The van der Waals surface area contributed by atoms with E-state index in [1.807, 2.05) is 0 Å². The average molecular weight is 266 g/mol. The van der Waals surface area contributed by atoms with Crippen molar-refractivity contribution in [2.24, 2.45) is 0 Å². The largest absolute Gasteiger partial charge is 0.480 e. The molecule has 0 saturated carbocycles. The van der Waals surface area contributed by atoms with Crippen molar-refractivity contribution in [3.05, 3.63) is 22.6 Å². The maximum Gasteiger partial charge on any atom is 0.328 e. The predicted molar refractivity (Wildman–Crippen MR) is 70.6 cm³/mol. The van der Waals surface area contributed by atoms with Crippen molar-refractivity contribution < 1.29 is 9.90 Å². The molecule has 7 heteroatoms. The molecule has 7 nitrogen and oxygen atoms in total. The average Bonchev–Trinajstić information content (AvgIpc) is 2.38. The molecule has 1 aliphatic heterocycles. The molecule has 1 N–H and O–H groups in total. The van der Waals surface area contributed by atoms with Gasteiger partial charge in [-0.05, 0) is 14.0 Å². The number of likely N-dealkylation sites (N-methyl/N-ethyl adjacent to an activating group) is 1. The number of aromatic nitrogens is 2. The van der Waals surface area contributed by atoms with Crippen LogP contribution >= 0.6 is 0 Å². The standard InChI is InChI=1S/C12H18N4O3/c1-9(12(18)19)16-11(17)7-10(8-13-16)15-5-3-14(2)4-6-15/h7-9H,3-6H2,1-2H3,(H,18,19). The first-order valence-corrected chi connectivity index (χ1v) is 6.24. The van der Waals surface area contributed by atoms with Crippen LogP contribution in [-0.4, -0.2) is 59.0 Å². The monoisotopic (exact) mass is 266 g/mol. The lowest BCUT2D eigenvalue weighted by atomic mass is 10.3. The van der Waals surface area contributed by atoms with Gasteiger partial charge in [0.25, 0.3) is 5.56 Å². The van der Waals surface area contributed by atoms with Crippen molar-refractivity contribution in [2.75, 3.05) is 38.1 Å². The van der Waals surface area contributed by atoms with Crippen LogP contribution < -0.4 is 10.5 Å². The first-order valence-electron chi connectivity index (χ1n) is 6.24. The Morgan fingerprint density at radius 2 is 2.00 bits per heavy atom. The second-order valence-electron chi connectivity index (χ2n) is 4.80. The summed E-state index contributed by atoms with van der Waals surface area (Å²) in [5.41, 5.74) is 0.373. The number of aliphatic carboxylic acids is 1. The zero-order chi connectivity index (χ0) is 14.0. The molecule has 1 aliphatic rings. The Balaban J connectivity index is 2.19. The molecule has 0 aliphatic carbocycles. The van der Waals surface area contributed by atoms with Crippen LogP contribution in [0.5, 0.6) is 0 Å². The number of carboxylic acids is 1. The summed E-state index contributed by atoms with van der Waals surface area (Å²) in [5, 5.41) is 12.9. The summed E-state index contributed by atoms with van der Waals surface area (Å²) in [7, 11) is 2.06. The highest BCUT2D eigenvalue weighted by Crippen LogP contribution is 2.13. The fourth-order valence-electron chi connectivity index (χ4n) is 2.04. The molecule has 0 aromatic carbocycles. The molecule has 1 unspecified atom stereocenters. The number of hydrogen-bond acceptors (Lipinski definition) is 5. The summed E-state index contributed by atoms with van der Waals surface area (Å²) in [6.45, 7) is 5.00. The molecule has 104 valence electrons. The number of anilines is 1. The van der Waals surface area contributed by atoms with E-state index in [0.29, 0.717) is 0 Å². The van der Waals surface area contributed by atoms with Gasteiger partial charge in [-0.3, -0.25) is 4.79 Å². The molecule has 0 bridgehead atoms. The minimum absolute atomic E-state index is 0.383. The Kier molecular flexibility index (Phi) is 3.84. The van der Waals surface area contributed by atoms with Crippen molar-refractivity contribution >= 4 is 11.7 Å². The number of carboxylic acid groups (broad SMARTS) is 1. The molecule has 0 radical (unpaired) electrons. The van der Waals surface area contributed by atoms with Gasteiger partial charge in [0, 0.05) is 32.2 Å². The van der Waals surface area contributed by atoms with E-state index in [2.05, 4.69) is 21.9 Å². The summed E-state index contributed by atoms with van der Waals surface area (Å²) in [5.74, 6) is -1.07. The van der Waals surface area contributed by atoms with E-state index in [4.69, 9.17) is 5.11 Å². The normalized spacial score (nSPS) is 18.3. The van der Waals surface area contributed by atoms with Gasteiger partial charge in [-0.2, -0.15) is 5.10 Å². The van der Waals surface area contributed by atoms with Crippen LogP contribution in [0.15, 0.2) is 17.1 Å². The summed E-state index contributed by atoms with van der Waals surface area (Å²) in [6.07, 6.45) is 1.56. The first kappa shape index (κ1) is 13.5. The minimum atomic E-state index is -1.07. The summed E-state index contributed by atoms with van der Waals surface area (Å²) >= 11 is 0. The van der Waals surface area contributed by atoms with Gasteiger partial charge in [0.1, 0.15) is 0 Å². The van der Waals surface area contributed by atoms with E-state index in [1.165, 1.54) is 13.0 Å². The molecule has 1 atom stereocenters. The van der Waals surface area contributed by atoms with Crippen LogP contribution in [0.25, 0.3) is 0 Å². The van der Waals surface area contributed by atoms with Crippen LogP contribution in [0.4, 0.5) is 5.69 Å². The van der Waals surface area contributed by atoms with Crippen LogP contribution in [0.1, 0.15) is 13.0 Å². The van der Waals surface area contributed by atoms with E-state index in [0.717, 1.165) is 36.5 Å². The van der Waals surface area contributed by atoms with Crippen molar-refractivity contribution in [1.29, 1.82) is 0 Å². The maximum absolute atomic E-state index is 11.9. The predicted octanol–water partition coefficient (Wildman–Crippen LogP) is -0.359. The third-order valence-corrected chi connectivity index (χ3v) is 3.40. The minimum Gasteiger partial charge on any atom is -0.480 e. The van der Waals surface area contributed by atoms with Crippen molar-refractivity contribution in [3.8, 4) is 0 Å². The zero-order valence-electron chi connectivity index (χ0n) is 11.1. The highest BCUT2D eigenvalue weighted by atomic mass is 16.4. The van der Waals surface area contributed by atoms with E-state index >= 15 is 0 Å². The number of carbonyl (C=O) groups is 1. The summed E-state index contributed by atoms with van der Waals surface area (Å²) in [6, 6.07) is 0.506. The molecular weight excluding hydrogens is 248 g/mol. The fourth-order valence-corrected chi connectivity index (χ4v) is 2.04. The van der Waals surface area contributed by atoms with E-state index in [9.17, 15) is 9.59 Å². The van der Waals surface area contributed by atoms with Crippen LogP contribution in [0.3, 0.4) is 0 Å². The maximum atomic E-state index is 11.9. The lowest BCUT2D eigenvalue weighted by Crippen LogP contribution is -2.45. The van der Waals surface area contributed by atoms with Gasteiger partial charge in [0.15, 0.2) is 6.04 Å². The Morgan fingerprint density at radius 1 is 1.37 bits per heavy atom. The molecule has 1 aromatic rings. The lowest BCUT2D eigenvalue weighted by Gasteiger charge is -2.33. The van der Waals surface area contributed by atoms with E-state index < -0.39 is 12.0 Å². The highest BCUT2D eigenvalue weighted by Gasteiger charge is 2.18. The van der Waals surface area contributed by atoms with Gasteiger partial charge in [0.2, 0.25) is 0 Å². The number of piperazine rings is 1. The molecule has 1 saturated heterocycles. The van der Waals surface area contributed by atoms with Crippen molar-refractivity contribution in [1.82, 2.24) is 14.7 Å². The van der Waals surface area contributed by atoms with Crippen molar-refractivity contribution in [2.45, 2.75) is 13.0 Å². The molecule has 19 heavy (non-hydrogen) atoms. The Labute approximate surface area is 111 Å². The molecule has 1 fully saturated rings. The van der Waals surface area contributed by atoms with E-state index in [-0.39, 0.29) is 5.56 Å². The lowest BCUT2D eigenvalue weighted by molar-refractivity contribution is -0.140. The van der Waals surface area contributed by atoms with Crippen LogP contribution in [-0.2, 0) is 4.79 Å². The summed E-state index contributed by atoms with van der Waals surface area (Å²) < 4.78 is 0.988. The zero-order valence-corrected chi connectivity index (χ0v) is 11.1. The number of hydrogen-bond donors (Lipinski definition) is 1. The Morgan fingerprint density at radius 3 is 2.53 bits per heavy atom. The van der Waals surface area contributed by atoms with Gasteiger partial charge in [-0.1, -0.05) is 0 Å². The van der Waals surface area contributed by atoms with Gasteiger partial charge in [-0.15, -0.1) is 0 Å². The molecular formula is C12H18N4O3. The first-order chi connectivity index (χ1) is 8.99. The van der Waals surface area contributed by atoms with Gasteiger partial charge in [-0.25, -0.2) is 9.48 Å². The topological polar surface area (TPSA) is 78.7 Å². The third-order valence-electron chi connectivity index (χ3n) is 3.40. The smallest absolute Gasteiger partial charge is 0.328 e. The van der Waals surface area contributed by atoms with Crippen LogP contribution in [0.2, 0.25) is 0 Å². The number of rotatable bonds is 3. The van der Waals surface area contributed by atoms with Gasteiger partial charge >= 0.3 is 5.97 Å². The quantitative estimate of drug-likeness (QED) is 0.805. The molecule has 2 rings (SSSR count). The SMILES string of the molecule is CC(C(=O)O)n1ncc(N2CCN(C)CC2)cc1=O. The van der Waals surface area contributed by atoms with Crippen molar-refractivity contribution in [3.63, 3.8) is 0 Å². The highest BCUT2D eigenvalue weighted by molar-refractivity contribution is 5.71. The Hall–Kier alpha value is -1.89. The molecule has 0 spiro atoms. The second-order valence-corrected chi connectivity index (χ2v) is 4.80. The summed E-state index contributed by atoms with van der Waals surface area (Å²) in [4.78, 5) is 27.1. The van der Waals surface area contributed by atoms with Gasteiger partial charge < -0.3 is 14.9 Å². The van der Waals surface area contributed by atoms with Gasteiger partial charge in [0.05, 0.1) is 11.9 Å².